The SMILES string of the molecule is [C-]#[N+]/C(C)=C\C=C\c1ccc(C)c2ccccc12. The van der Waals surface area contributed by atoms with Crippen LogP contribution in [-0.4, -0.2) is 0 Å². The number of allylic oxidation sites excluding steroid dienone is 3. The highest BCUT2D eigenvalue weighted by atomic mass is 14.6. The number of hydrogen-bond acceptors (Lipinski definition) is 0. The topological polar surface area (TPSA) is 4.36 Å². The predicted molar refractivity (Wildman–Crippen MR) is 78.1 cm³/mol. The molecule has 0 heterocycles. The summed E-state index contributed by atoms with van der Waals surface area (Å²) >= 11 is 0. The minimum absolute atomic E-state index is 0.697. The van der Waals surface area contributed by atoms with E-state index in [0.29, 0.717) is 5.70 Å². The van der Waals surface area contributed by atoms with Gasteiger partial charge in [0.1, 0.15) is 0 Å². The average molecular weight is 233 g/mol. The van der Waals surface area contributed by atoms with E-state index >= 15 is 0 Å². The molecule has 0 saturated heterocycles. The molecule has 88 valence electrons. The molecule has 0 aromatic heterocycles. The molecule has 1 nitrogen and oxygen atoms in total. The summed E-state index contributed by atoms with van der Waals surface area (Å²) in [4.78, 5) is 3.36. The Bertz CT molecular complexity index is 670. The lowest BCUT2D eigenvalue weighted by molar-refractivity contribution is 1.51. The summed E-state index contributed by atoms with van der Waals surface area (Å²) in [7, 11) is 0. The monoisotopic (exact) mass is 233 g/mol. The van der Waals surface area contributed by atoms with E-state index in [1.807, 2.05) is 19.1 Å². The molecular weight excluding hydrogens is 218 g/mol. The van der Waals surface area contributed by atoms with Crippen LogP contribution in [0.1, 0.15) is 18.1 Å². The number of benzene rings is 2. The van der Waals surface area contributed by atoms with Crippen molar-refractivity contribution in [3.8, 4) is 0 Å². The van der Waals surface area contributed by atoms with E-state index in [2.05, 4.69) is 54.2 Å². The van der Waals surface area contributed by atoms with Gasteiger partial charge < -0.3 is 0 Å². The first-order valence-electron chi connectivity index (χ1n) is 5.93. The summed E-state index contributed by atoms with van der Waals surface area (Å²) in [5.41, 5.74) is 3.17. The minimum Gasteiger partial charge on any atom is -0.243 e. The third kappa shape index (κ3) is 2.49. The van der Waals surface area contributed by atoms with Gasteiger partial charge in [-0.25, -0.2) is 4.85 Å². The summed E-state index contributed by atoms with van der Waals surface area (Å²) in [6, 6.07) is 12.6. The van der Waals surface area contributed by atoms with Gasteiger partial charge in [0.2, 0.25) is 0 Å². The maximum Gasteiger partial charge on any atom is 0.162 e. The Morgan fingerprint density at radius 1 is 1.11 bits per heavy atom. The highest BCUT2D eigenvalue weighted by molar-refractivity contribution is 5.92. The maximum absolute atomic E-state index is 6.87. The summed E-state index contributed by atoms with van der Waals surface area (Å²) in [6.07, 6.45) is 5.82. The molecule has 0 N–H and O–H groups in total. The molecule has 0 unspecified atom stereocenters. The first kappa shape index (κ1) is 12.1. The quantitative estimate of drug-likeness (QED) is 0.508. The summed E-state index contributed by atoms with van der Waals surface area (Å²) in [5.74, 6) is 0. The maximum atomic E-state index is 6.87. The zero-order valence-electron chi connectivity index (χ0n) is 10.6. The van der Waals surface area contributed by atoms with Gasteiger partial charge in [-0.05, 0) is 35.7 Å². The fourth-order valence-corrected chi connectivity index (χ4v) is 1.95. The van der Waals surface area contributed by atoms with Crippen molar-refractivity contribution in [2.24, 2.45) is 0 Å². The number of nitrogens with zero attached hydrogens (tertiary/aromatic N) is 1. The fraction of sp³-hybridized carbons (Fsp3) is 0.118. The van der Waals surface area contributed by atoms with Crippen molar-refractivity contribution in [2.75, 3.05) is 0 Å². The first-order chi connectivity index (χ1) is 8.72. The molecule has 2 aromatic rings. The Kier molecular flexibility index (Phi) is 3.60. The smallest absolute Gasteiger partial charge is 0.162 e. The molecule has 0 amide bonds. The summed E-state index contributed by atoms with van der Waals surface area (Å²) < 4.78 is 0. The number of rotatable bonds is 2. The fourth-order valence-electron chi connectivity index (χ4n) is 1.95. The lowest BCUT2D eigenvalue weighted by atomic mass is 10.00. The van der Waals surface area contributed by atoms with Crippen LogP contribution >= 0.6 is 0 Å². The van der Waals surface area contributed by atoms with Crippen molar-refractivity contribution in [2.45, 2.75) is 13.8 Å². The second kappa shape index (κ2) is 5.33. The number of fused-ring (bicyclic) bond motifs is 1. The van der Waals surface area contributed by atoms with E-state index in [0.717, 1.165) is 0 Å². The van der Waals surface area contributed by atoms with Crippen LogP contribution in [0.2, 0.25) is 0 Å². The molecule has 0 bridgehead atoms. The van der Waals surface area contributed by atoms with Crippen molar-refractivity contribution < 1.29 is 0 Å². The first-order valence-corrected chi connectivity index (χ1v) is 5.93. The van der Waals surface area contributed by atoms with Gasteiger partial charge in [-0.1, -0.05) is 54.6 Å². The average Bonchev–Trinajstić information content (AvgIpc) is 2.41. The molecule has 0 aliphatic heterocycles. The van der Waals surface area contributed by atoms with Crippen molar-refractivity contribution in [3.63, 3.8) is 0 Å². The molecule has 0 aliphatic carbocycles. The van der Waals surface area contributed by atoms with Crippen LogP contribution in [-0.2, 0) is 0 Å². The Balaban J connectivity index is 2.47. The predicted octanol–water partition coefficient (Wildman–Crippen LogP) is 4.98. The summed E-state index contributed by atoms with van der Waals surface area (Å²) in [5, 5.41) is 2.54. The van der Waals surface area contributed by atoms with Crippen molar-refractivity contribution >= 4 is 16.8 Å². The van der Waals surface area contributed by atoms with Crippen molar-refractivity contribution in [1.82, 2.24) is 0 Å². The van der Waals surface area contributed by atoms with E-state index in [-0.39, 0.29) is 0 Å². The molecule has 0 spiro atoms. The third-order valence-electron chi connectivity index (χ3n) is 2.97. The van der Waals surface area contributed by atoms with Crippen molar-refractivity contribution in [1.29, 1.82) is 0 Å². The molecule has 0 radical (unpaired) electrons. The van der Waals surface area contributed by atoms with Gasteiger partial charge >= 0.3 is 0 Å². The number of aryl methyl sites for hydroxylation is 1. The molecule has 0 saturated carbocycles. The molecule has 18 heavy (non-hydrogen) atoms. The molecule has 0 fully saturated rings. The highest BCUT2D eigenvalue weighted by Gasteiger charge is 1.99. The normalized spacial score (nSPS) is 11.9. The second-order valence-electron chi connectivity index (χ2n) is 4.30. The molecule has 1 heteroatoms. The molecule has 0 atom stereocenters. The Labute approximate surface area is 108 Å². The lowest BCUT2D eigenvalue weighted by Gasteiger charge is -2.05. The van der Waals surface area contributed by atoms with Gasteiger partial charge in [0, 0.05) is 0 Å². The second-order valence-corrected chi connectivity index (χ2v) is 4.30. The third-order valence-corrected chi connectivity index (χ3v) is 2.97. The zero-order chi connectivity index (χ0) is 13.0. The highest BCUT2D eigenvalue weighted by Crippen LogP contribution is 2.23. The Morgan fingerprint density at radius 3 is 2.56 bits per heavy atom. The van der Waals surface area contributed by atoms with Crippen LogP contribution < -0.4 is 0 Å². The van der Waals surface area contributed by atoms with E-state index < -0.39 is 0 Å². The standard InChI is InChI=1S/C17H15N/c1-13-11-12-15(8-6-7-14(2)18-3)17-10-5-4-9-16(13)17/h4-12H,1-2H3/b8-6+,14-7-. The van der Waals surface area contributed by atoms with Gasteiger partial charge in [0.05, 0.1) is 6.57 Å². The van der Waals surface area contributed by atoms with Gasteiger partial charge in [-0.3, -0.25) is 0 Å². The largest absolute Gasteiger partial charge is 0.243 e. The van der Waals surface area contributed by atoms with Crippen LogP contribution in [0.4, 0.5) is 0 Å². The van der Waals surface area contributed by atoms with Gasteiger partial charge in [-0.2, -0.15) is 0 Å². The van der Waals surface area contributed by atoms with E-state index in [9.17, 15) is 0 Å². The van der Waals surface area contributed by atoms with Gasteiger partial charge in [0.25, 0.3) is 0 Å². The molecule has 2 rings (SSSR count). The Hall–Kier alpha value is -2.33. The molecule has 2 aromatic carbocycles. The van der Waals surface area contributed by atoms with Crippen LogP contribution in [0.5, 0.6) is 0 Å². The number of hydrogen-bond donors (Lipinski definition) is 0. The van der Waals surface area contributed by atoms with Gasteiger partial charge in [-0.15, -0.1) is 0 Å². The summed E-state index contributed by atoms with van der Waals surface area (Å²) in [6.45, 7) is 10.8. The van der Waals surface area contributed by atoms with E-state index in [4.69, 9.17) is 6.57 Å². The minimum atomic E-state index is 0.697. The molecular formula is C17H15N. The Morgan fingerprint density at radius 2 is 1.83 bits per heavy atom. The van der Waals surface area contributed by atoms with E-state index in [1.165, 1.54) is 21.9 Å². The van der Waals surface area contributed by atoms with Crippen LogP contribution in [0.3, 0.4) is 0 Å². The van der Waals surface area contributed by atoms with E-state index in [1.54, 1.807) is 0 Å². The van der Waals surface area contributed by atoms with Crippen LogP contribution in [0, 0.1) is 13.5 Å². The lowest BCUT2D eigenvalue weighted by Crippen LogP contribution is -1.81. The van der Waals surface area contributed by atoms with Gasteiger partial charge in [0.15, 0.2) is 5.70 Å². The van der Waals surface area contributed by atoms with Crippen molar-refractivity contribution in [3.05, 3.63) is 76.8 Å². The zero-order valence-corrected chi connectivity index (χ0v) is 10.6. The molecule has 0 aliphatic rings. The van der Waals surface area contributed by atoms with Crippen LogP contribution in [0.25, 0.3) is 21.7 Å². The van der Waals surface area contributed by atoms with Crippen LogP contribution in [0.15, 0.2) is 54.2 Å².